The van der Waals surface area contributed by atoms with Gasteiger partial charge in [0.2, 0.25) is 0 Å². The molecule has 0 spiro atoms. The predicted molar refractivity (Wildman–Crippen MR) is 83.2 cm³/mol. The number of hydrogen-bond acceptors (Lipinski definition) is 4. The van der Waals surface area contributed by atoms with Crippen LogP contribution in [0.15, 0.2) is 42.5 Å². The van der Waals surface area contributed by atoms with Gasteiger partial charge in [0.15, 0.2) is 0 Å². The molecule has 0 aliphatic carbocycles. The first kappa shape index (κ1) is 15.4. The number of aromatic hydroxyl groups is 1. The maximum atomic E-state index is 11.5. The van der Waals surface area contributed by atoms with Crippen LogP contribution in [0.1, 0.15) is 11.1 Å². The molecule has 0 amide bonds. The zero-order valence-corrected chi connectivity index (χ0v) is 12.2. The molecule has 5 nitrogen and oxygen atoms in total. The summed E-state index contributed by atoms with van der Waals surface area (Å²) in [5.74, 6) is 0.0186. The molecule has 0 aromatic heterocycles. The molecule has 2 N–H and O–H groups in total. The second-order valence-electron chi connectivity index (χ2n) is 4.52. The van der Waals surface area contributed by atoms with Gasteiger partial charge in [-0.2, -0.15) is 0 Å². The third-order valence-corrected chi connectivity index (χ3v) is 3.12. The second kappa shape index (κ2) is 6.67. The van der Waals surface area contributed by atoms with Crippen molar-refractivity contribution in [2.75, 3.05) is 14.2 Å². The molecule has 0 aliphatic rings. The van der Waals surface area contributed by atoms with Crippen LogP contribution >= 0.6 is 0 Å². The average Bonchev–Trinajstić information content (AvgIpc) is 2.52. The van der Waals surface area contributed by atoms with Gasteiger partial charge in [-0.25, -0.2) is 4.79 Å². The maximum Gasteiger partial charge on any atom is 0.336 e. The lowest BCUT2D eigenvalue weighted by atomic mass is 10.0. The van der Waals surface area contributed by atoms with Gasteiger partial charge in [0, 0.05) is 5.56 Å². The minimum Gasteiger partial charge on any atom is -0.508 e. The van der Waals surface area contributed by atoms with Crippen LogP contribution in [0, 0.1) is 0 Å². The zero-order chi connectivity index (χ0) is 16.1. The van der Waals surface area contributed by atoms with Crippen LogP contribution in [0.2, 0.25) is 0 Å². The van der Waals surface area contributed by atoms with Crippen LogP contribution < -0.4 is 9.47 Å². The van der Waals surface area contributed by atoms with Crippen LogP contribution in [-0.2, 0) is 4.79 Å². The highest BCUT2D eigenvalue weighted by Gasteiger charge is 2.13. The summed E-state index contributed by atoms with van der Waals surface area (Å²) in [4.78, 5) is 11.5. The summed E-state index contributed by atoms with van der Waals surface area (Å²) < 4.78 is 10.4. The number of benzene rings is 2. The highest BCUT2D eigenvalue weighted by molar-refractivity contribution is 6.20. The van der Waals surface area contributed by atoms with Crippen molar-refractivity contribution in [1.82, 2.24) is 0 Å². The molecule has 0 unspecified atom stereocenters. The summed E-state index contributed by atoms with van der Waals surface area (Å²) in [6, 6.07) is 11.2. The lowest BCUT2D eigenvalue weighted by Gasteiger charge is -2.09. The quantitative estimate of drug-likeness (QED) is 0.655. The summed E-state index contributed by atoms with van der Waals surface area (Å²) >= 11 is 0. The van der Waals surface area contributed by atoms with E-state index in [0.29, 0.717) is 22.6 Å². The van der Waals surface area contributed by atoms with Crippen LogP contribution in [0.5, 0.6) is 17.2 Å². The molecule has 0 fully saturated rings. The van der Waals surface area contributed by atoms with E-state index in [-0.39, 0.29) is 11.3 Å². The Hall–Kier alpha value is -2.95. The molecule has 0 saturated heterocycles. The predicted octanol–water partition coefficient (Wildman–Crippen LogP) is 3.03. The first-order valence-electron chi connectivity index (χ1n) is 6.51. The highest BCUT2D eigenvalue weighted by atomic mass is 16.5. The van der Waals surface area contributed by atoms with Gasteiger partial charge in [-0.3, -0.25) is 0 Å². The fourth-order valence-corrected chi connectivity index (χ4v) is 2.05. The Kier molecular flexibility index (Phi) is 4.68. The van der Waals surface area contributed by atoms with Gasteiger partial charge in [-0.1, -0.05) is 12.1 Å². The lowest BCUT2D eigenvalue weighted by molar-refractivity contribution is -0.130. The van der Waals surface area contributed by atoms with Crippen LogP contribution in [0.4, 0.5) is 0 Å². The monoisotopic (exact) mass is 300 g/mol. The Morgan fingerprint density at radius 1 is 1.09 bits per heavy atom. The first-order chi connectivity index (χ1) is 10.5. The van der Waals surface area contributed by atoms with E-state index in [1.165, 1.54) is 32.4 Å². The third-order valence-electron chi connectivity index (χ3n) is 3.12. The van der Waals surface area contributed by atoms with Crippen molar-refractivity contribution < 1.29 is 24.5 Å². The van der Waals surface area contributed by atoms with Crippen molar-refractivity contribution in [3.8, 4) is 17.2 Å². The summed E-state index contributed by atoms with van der Waals surface area (Å²) in [6.45, 7) is 0. The number of carboxylic acid groups (broad SMARTS) is 1. The van der Waals surface area contributed by atoms with Crippen molar-refractivity contribution in [2.24, 2.45) is 0 Å². The average molecular weight is 300 g/mol. The molecular weight excluding hydrogens is 284 g/mol. The van der Waals surface area contributed by atoms with E-state index in [9.17, 15) is 15.0 Å². The number of phenols is 1. The molecule has 0 atom stereocenters. The number of hydrogen-bond donors (Lipinski definition) is 2. The summed E-state index contributed by atoms with van der Waals surface area (Å²) in [6.07, 6.45) is 1.48. The van der Waals surface area contributed by atoms with E-state index in [2.05, 4.69) is 0 Å². The number of carboxylic acids is 1. The Bertz CT molecular complexity index is 719. The van der Waals surface area contributed by atoms with E-state index in [4.69, 9.17) is 9.47 Å². The van der Waals surface area contributed by atoms with Gasteiger partial charge in [0.1, 0.15) is 17.2 Å². The zero-order valence-electron chi connectivity index (χ0n) is 12.2. The van der Waals surface area contributed by atoms with Gasteiger partial charge in [-0.15, -0.1) is 0 Å². The maximum absolute atomic E-state index is 11.5. The molecule has 0 aliphatic heterocycles. The van der Waals surface area contributed by atoms with Gasteiger partial charge >= 0.3 is 5.97 Å². The third kappa shape index (κ3) is 3.38. The molecule has 5 heteroatoms. The SMILES string of the molecule is COc1ccc(OC)c(/C=C(\C(=O)O)c2cccc(O)c2)c1. The highest BCUT2D eigenvalue weighted by Crippen LogP contribution is 2.29. The van der Waals surface area contributed by atoms with Crippen molar-refractivity contribution in [3.63, 3.8) is 0 Å². The number of phenolic OH excluding ortho intramolecular Hbond substituents is 1. The fourth-order valence-electron chi connectivity index (χ4n) is 2.05. The van der Waals surface area contributed by atoms with Crippen molar-refractivity contribution in [1.29, 1.82) is 0 Å². The standard InChI is InChI=1S/C17H16O5/c1-21-14-6-7-16(22-2)12(9-14)10-15(17(19)20)11-4-3-5-13(18)8-11/h3-10,18H,1-2H3,(H,19,20)/b15-10-. The second-order valence-corrected chi connectivity index (χ2v) is 4.52. The Labute approximate surface area is 128 Å². The minimum atomic E-state index is -1.10. The largest absolute Gasteiger partial charge is 0.508 e. The molecule has 0 radical (unpaired) electrons. The van der Waals surface area contributed by atoms with Crippen molar-refractivity contribution in [2.45, 2.75) is 0 Å². The molecule has 2 rings (SSSR count). The number of rotatable bonds is 5. The van der Waals surface area contributed by atoms with E-state index >= 15 is 0 Å². The van der Waals surface area contributed by atoms with Gasteiger partial charge in [-0.05, 0) is 42.0 Å². The molecule has 0 saturated carbocycles. The number of methoxy groups -OCH3 is 2. The number of aliphatic carboxylic acids is 1. The molecule has 2 aromatic rings. The molecule has 114 valence electrons. The summed E-state index contributed by atoms with van der Waals surface area (Å²) in [5, 5.41) is 19.0. The van der Waals surface area contributed by atoms with E-state index in [0.717, 1.165) is 0 Å². The molecule has 2 aromatic carbocycles. The van der Waals surface area contributed by atoms with Crippen molar-refractivity contribution >= 4 is 17.6 Å². The molecular formula is C17H16O5. The van der Waals surface area contributed by atoms with Gasteiger partial charge < -0.3 is 19.7 Å². The van der Waals surface area contributed by atoms with Crippen LogP contribution in [-0.4, -0.2) is 30.4 Å². The fraction of sp³-hybridized carbons (Fsp3) is 0.118. The van der Waals surface area contributed by atoms with Gasteiger partial charge in [0.05, 0.1) is 19.8 Å². The molecule has 0 heterocycles. The first-order valence-corrected chi connectivity index (χ1v) is 6.51. The molecule has 22 heavy (non-hydrogen) atoms. The van der Waals surface area contributed by atoms with Crippen LogP contribution in [0.25, 0.3) is 11.6 Å². The summed E-state index contributed by atoms with van der Waals surface area (Å²) in [7, 11) is 3.04. The van der Waals surface area contributed by atoms with Crippen LogP contribution in [0.3, 0.4) is 0 Å². The Balaban J connectivity index is 2.58. The van der Waals surface area contributed by atoms with E-state index < -0.39 is 5.97 Å². The Morgan fingerprint density at radius 2 is 1.86 bits per heavy atom. The number of ether oxygens (including phenoxy) is 2. The van der Waals surface area contributed by atoms with Crippen molar-refractivity contribution in [3.05, 3.63) is 53.6 Å². The minimum absolute atomic E-state index is 0.00209. The van der Waals surface area contributed by atoms with E-state index in [1.807, 2.05) is 0 Å². The van der Waals surface area contributed by atoms with E-state index in [1.54, 1.807) is 30.3 Å². The lowest BCUT2D eigenvalue weighted by Crippen LogP contribution is -2.00. The summed E-state index contributed by atoms with van der Waals surface area (Å²) in [5.41, 5.74) is 1.02. The smallest absolute Gasteiger partial charge is 0.336 e. The normalized spacial score (nSPS) is 11.1. The molecule has 0 bridgehead atoms. The topological polar surface area (TPSA) is 76.0 Å². The van der Waals surface area contributed by atoms with Gasteiger partial charge in [0.25, 0.3) is 0 Å². The number of carbonyl (C=O) groups is 1. The Morgan fingerprint density at radius 3 is 2.45 bits per heavy atom.